The van der Waals surface area contributed by atoms with Crippen LogP contribution in [0.5, 0.6) is 5.75 Å². The Kier molecular flexibility index (Phi) is 3.63. The summed E-state index contributed by atoms with van der Waals surface area (Å²) in [5, 5.41) is 0. The number of halogens is 4. The number of ether oxygens (including phenoxy) is 1. The summed E-state index contributed by atoms with van der Waals surface area (Å²) >= 11 is 0.977. The molecule has 0 aromatic heterocycles. The van der Waals surface area contributed by atoms with E-state index in [0.29, 0.717) is 0 Å². The fourth-order valence-corrected chi connectivity index (χ4v) is 0.935. The van der Waals surface area contributed by atoms with Gasteiger partial charge in [-0.15, -0.1) is 0 Å². The normalized spacial score (nSPS) is 13.8. The summed E-state index contributed by atoms with van der Waals surface area (Å²) < 4.78 is 39.7. The highest BCUT2D eigenvalue weighted by Gasteiger charge is 2.41. The van der Waals surface area contributed by atoms with E-state index in [1.165, 1.54) is 12.1 Å². The molecule has 0 bridgehead atoms. The van der Waals surface area contributed by atoms with Gasteiger partial charge in [0.05, 0.1) is 0 Å². The summed E-state index contributed by atoms with van der Waals surface area (Å²) in [6, 6.07) is 5.99. The number of hydrogen-bond acceptors (Lipinski definition) is 1. The van der Waals surface area contributed by atoms with Crippen molar-refractivity contribution in [1.29, 1.82) is 0 Å². The van der Waals surface area contributed by atoms with Gasteiger partial charge in [-0.05, 0) is 41.6 Å². The number of benzene rings is 1. The lowest BCUT2D eigenvalue weighted by Crippen LogP contribution is -2.32. The van der Waals surface area contributed by atoms with Crippen molar-refractivity contribution in [2.24, 2.45) is 0 Å². The van der Waals surface area contributed by atoms with Gasteiger partial charge >= 0.3 is 6.11 Å². The molecular weight excluding hydrogens is 308 g/mol. The van der Waals surface area contributed by atoms with E-state index in [-0.39, 0.29) is 5.75 Å². The molecule has 0 spiro atoms. The van der Waals surface area contributed by atoms with Gasteiger partial charge in [0, 0.05) is 0 Å². The molecule has 1 atom stereocenters. The zero-order valence-electron chi connectivity index (χ0n) is 7.31. The summed E-state index contributed by atoms with van der Waals surface area (Å²) in [6.07, 6.45) is -3.78. The Hall–Kier alpha value is -0.460. The van der Waals surface area contributed by atoms with E-state index >= 15 is 0 Å². The van der Waals surface area contributed by atoms with E-state index in [4.69, 9.17) is 0 Å². The van der Waals surface area contributed by atoms with Gasteiger partial charge in [0.2, 0.25) is 0 Å². The summed E-state index contributed by atoms with van der Waals surface area (Å²) in [6.45, 7) is 1.82. The second-order valence-corrected chi connectivity index (χ2v) is 3.87. The summed E-state index contributed by atoms with van der Waals surface area (Å²) in [4.78, 5) is 0. The van der Waals surface area contributed by atoms with Crippen LogP contribution in [0.4, 0.5) is 13.2 Å². The molecule has 0 N–H and O–H groups in total. The van der Waals surface area contributed by atoms with Crippen molar-refractivity contribution in [3.8, 4) is 5.75 Å². The van der Waals surface area contributed by atoms with Gasteiger partial charge in [0.1, 0.15) is 5.75 Å². The molecule has 0 aliphatic carbocycles. The highest BCUT2D eigenvalue weighted by atomic mass is 127. The zero-order chi connectivity index (χ0) is 10.8. The van der Waals surface area contributed by atoms with Crippen molar-refractivity contribution in [2.45, 2.75) is 17.2 Å². The Morgan fingerprint density at radius 2 is 1.79 bits per heavy atom. The van der Waals surface area contributed by atoms with Crippen LogP contribution < -0.4 is 4.74 Å². The molecule has 1 nitrogen and oxygen atoms in total. The Balaban J connectivity index is 2.74. The van der Waals surface area contributed by atoms with Crippen molar-refractivity contribution in [1.82, 2.24) is 0 Å². The summed E-state index contributed by atoms with van der Waals surface area (Å²) in [5.74, 6) is -0.0417. The lowest BCUT2D eigenvalue weighted by Gasteiger charge is -2.17. The van der Waals surface area contributed by atoms with Crippen molar-refractivity contribution in [2.75, 3.05) is 0 Å². The lowest BCUT2D eigenvalue weighted by molar-refractivity contribution is -0.192. The Morgan fingerprint density at radius 3 is 2.21 bits per heavy atom. The van der Waals surface area contributed by atoms with Crippen LogP contribution in [0.3, 0.4) is 0 Å². The Morgan fingerprint density at radius 1 is 1.29 bits per heavy atom. The minimum Gasteiger partial charge on any atom is -0.430 e. The van der Waals surface area contributed by atoms with Gasteiger partial charge < -0.3 is 4.74 Å². The third kappa shape index (κ3) is 3.04. The highest BCUT2D eigenvalue weighted by Crippen LogP contribution is 2.29. The topological polar surface area (TPSA) is 9.23 Å². The maximum Gasteiger partial charge on any atom is 0.439 e. The fraction of sp³-hybridized carbons (Fsp3) is 0.333. The van der Waals surface area contributed by atoms with E-state index < -0.39 is 10.3 Å². The third-order valence-electron chi connectivity index (χ3n) is 1.53. The predicted octanol–water partition coefficient (Wildman–Crippen LogP) is 3.70. The van der Waals surface area contributed by atoms with Crippen molar-refractivity contribution in [3.63, 3.8) is 0 Å². The van der Waals surface area contributed by atoms with E-state index in [0.717, 1.165) is 28.2 Å². The van der Waals surface area contributed by atoms with Gasteiger partial charge in [-0.1, -0.05) is 17.7 Å². The first-order valence-corrected chi connectivity index (χ1v) is 5.08. The van der Waals surface area contributed by atoms with E-state index in [1.54, 1.807) is 12.1 Å². The molecule has 0 amide bonds. The molecule has 0 saturated heterocycles. The molecular formula is C9H8F3IO. The molecule has 1 rings (SSSR count). The number of alkyl halides is 4. The minimum absolute atomic E-state index is 0.0417. The molecule has 1 aromatic carbocycles. The van der Waals surface area contributed by atoms with Gasteiger partial charge in [0.25, 0.3) is 4.18 Å². The molecule has 0 fully saturated rings. The van der Waals surface area contributed by atoms with E-state index in [2.05, 4.69) is 4.74 Å². The molecule has 1 aromatic rings. The summed E-state index contributed by atoms with van der Waals surface area (Å²) in [7, 11) is 0. The molecule has 0 saturated carbocycles. The molecule has 0 heterocycles. The molecule has 0 aliphatic rings. The monoisotopic (exact) mass is 316 g/mol. The molecule has 14 heavy (non-hydrogen) atoms. The second kappa shape index (κ2) is 4.37. The van der Waals surface area contributed by atoms with Gasteiger partial charge in [-0.25, -0.2) is 4.39 Å². The Labute approximate surface area is 93.4 Å². The highest BCUT2D eigenvalue weighted by molar-refractivity contribution is 14.1. The summed E-state index contributed by atoms with van der Waals surface area (Å²) in [5.41, 5.74) is 0.923. The van der Waals surface area contributed by atoms with Crippen molar-refractivity contribution < 1.29 is 17.9 Å². The number of hydrogen-bond donors (Lipinski definition) is 0. The van der Waals surface area contributed by atoms with Crippen LogP contribution in [0.2, 0.25) is 0 Å². The first kappa shape index (κ1) is 11.6. The van der Waals surface area contributed by atoms with Crippen LogP contribution in [0.1, 0.15) is 5.56 Å². The largest absolute Gasteiger partial charge is 0.439 e. The smallest absolute Gasteiger partial charge is 0.430 e. The van der Waals surface area contributed by atoms with Crippen LogP contribution in [0.25, 0.3) is 0 Å². The SMILES string of the molecule is Cc1ccc(OC(F)(F)C(F)I)cc1. The minimum atomic E-state index is -3.78. The Bertz CT molecular complexity index is 297. The molecule has 5 heteroatoms. The van der Waals surface area contributed by atoms with Crippen LogP contribution >= 0.6 is 22.6 Å². The van der Waals surface area contributed by atoms with Crippen molar-refractivity contribution >= 4 is 22.6 Å². The maximum atomic E-state index is 12.7. The van der Waals surface area contributed by atoms with Gasteiger partial charge in [0.15, 0.2) is 0 Å². The van der Waals surface area contributed by atoms with Crippen LogP contribution in [-0.4, -0.2) is 10.3 Å². The van der Waals surface area contributed by atoms with Crippen LogP contribution in [0.15, 0.2) is 24.3 Å². The van der Waals surface area contributed by atoms with E-state index in [9.17, 15) is 13.2 Å². The average molecular weight is 316 g/mol. The first-order valence-electron chi connectivity index (χ1n) is 3.83. The van der Waals surface area contributed by atoms with Gasteiger partial charge in [-0.3, -0.25) is 0 Å². The predicted molar refractivity (Wildman–Crippen MR) is 55.7 cm³/mol. The average Bonchev–Trinajstić information content (AvgIpc) is 2.08. The lowest BCUT2D eigenvalue weighted by atomic mass is 10.2. The quantitative estimate of drug-likeness (QED) is 0.610. The zero-order valence-corrected chi connectivity index (χ0v) is 9.46. The molecule has 78 valence electrons. The van der Waals surface area contributed by atoms with Gasteiger partial charge in [-0.2, -0.15) is 8.78 Å². The molecule has 0 radical (unpaired) electrons. The standard InChI is InChI=1S/C9H8F3IO/c1-6-2-4-7(5-3-6)14-9(11,12)8(10)13/h2-5,8H,1H3. The molecule has 1 unspecified atom stereocenters. The van der Waals surface area contributed by atoms with Crippen molar-refractivity contribution in [3.05, 3.63) is 29.8 Å². The maximum absolute atomic E-state index is 12.7. The molecule has 0 aliphatic heterocycles. The first-order chi connectivity index (χ1) is 6.42. The second-order valence-electron chi connectivity index (χ2n) is 2.78. The van der Waals surface area contributed by atoms with Crippen LogP contribution in [-0.2, 0) is 0 Å². The number of rotatable bonds is 3. The number of aryl methyl sites for hydroxylation is 1. The third-order valence-corrected chi connectivity index (χ3v) is 2.25. The van der Waals surface area contributed by atoms with E-state index in [1.807, 2.05) is 6.92 Å². The van der Waals surface area contributed by atoms with Crippen LogP contribution in [0, 0.1) is 6.92 Å². The fourth-order valence-electron chi connectivity index (χ4n) is 0.808.